The fourth-order valence-electron chi connectivity index (χ4n) is 3.67. The van der Waals surface area contributed by atoms with Gasteiger partial charge in [0.25, 0.3) is 11.7 Å². The molecule has 1 aromatic heterocycles. The number of nitrogens with zero attached hydrogens (tertiary/aromatic N) is 1. The molecule has 1 atom stereocenters. The van der Waals surface area contributed by atoms with E-state index in [1.165, 1.54) is 18.3 Å². The van der Waals surface area contributed by atoms with Crippen molar-refractivity contribution in [3.63, 3.8) is 0 Å². The monoisotopic (exact) mass is 403 g/mol. The van der Waals surface area contributed by atoms with Gasteiger partial charge in [0, 0.05) is 12.1 Å². The van der Waals surface area contributed by atoms with E-state index in [9.17, 15) is 14.7 Å². The van der Waals surface area contributed by atoms with Gasteiger partial charge in [0.05, 0.1) is 18.9 Å². The number of methoxy groups -OCH3 is 1. The van der Waals surface area contributed by atoms with Crippen molar-refractivity contribution in [2.24, 2.45) is 0 Å². The summed E-state index contributed by atoms with van der Waals surface area (Å²) >= 11 is 0. The first-order valence-corrected chi connectivity index (χ1v) is 9.60. The van der Waals surface area contributed by atoms with Gasteiger partial charge in [-0.3, -0.25) is 9.59 Å². The molecule has 0 radical (unpaired) electrons. The number of likely N-dealkylation sites (tertiary alicyclic amines) is 1. The van der Waals surface area contributed by atoms with Crippen LogP contribution in [0, 0.1) is 0 Å². The number of aliphatic hydroxyl groups excluding tert-OH is 1. The normalized spacial score (nSPS) is 18.0. The van der Waals surface area contributed by atoms with Crippen molar-refractivity contribution in [1.82, 2.24) is 4.90 Å². The summed E-state index contributed by atoms with van der Waals surface area (Å²) in [6.07, 6.45) is 2.06. The number of carbonyl (C=O) groups is 2. The van der Waals surface area contributed by atoms with Crippen LogP contribution in [0.15, 0.2) is 83.0 Å². The first-order chi connectivity index (χ1) is 14.6. The highest BCUT2D eigenvalue weighted by atomic mass is 16.5. The van der Waals surface area contributed by atoms with E-state index < -0.39 is 17.7 Å². The van der Waals surface area contributed by atoms with Crippen LogP contribution in [0.25, 0.3) is 5.76 Å². The smallest absolute Gasteiger partial charge is 0.295 e. The fraction of sp³-hybridized carbons (Fsp3) is 0.167. The number of aliphatic hydroxyl groups is 1. The summed E-state index contributed by atoms with van der Waals surface area (Å²) in [4.78, 5) is 27.2. The summed E-state index contributed by atoms with van der Waals surface area (Å²) in [5.41, 5.74) is 1.45. The van der Waals surface area contributed by atoms with Crippen molar-refractivity contribution in [3.05, 3.63) is 95.5 Å². The van der Waals surface area contributed by atoms with E-state index in [-0.39, 0.29) is 11.3 Å². The van der Waals surface area contributed by atoms with E-state index in [2.05, 4.69) is 0 Å². The molecule has 1 aliphatic rings. The molecule has 2 heterocycles. The highest BCUT2D eigenvalue weighted by Crippen LogP contribution is 2.39. The topological polar surface area (TPSA) is 80.0 Å². The van der Waals surface area contributed by atoms with E-state index in [1.807, 2.05) is 30.3 Å². The molecule has 1 saturated heterocycles. The van der Waals surface area contributed by atoms with E-state index in [0.717, 1.165) is 5.56 Å². The second-order valence-electron chi connectivity index (χ2n) is 6.98. The quantitative estimate of drug-likeness (QED) is 0.383. The lowest BCUT2D eigenvalue weighted by atomic mass is 9.99. The van der Waals surface area contributed by atoms with Crippen molar-refractivity contribution >= 4 is 17.4 Å². The Morgan fingerprint density at radius 2 is 1.87 bits per heavy atom. The van der Waals surface area contributed by atoms with Crippen molar-refractivity contribution < 1.29 is 23.8 Å². The number of Topliss-reactive ketones (excluding diaryl/α,β-unsaturated/α-hetero) is 1. The van der Waals surface area contributed by atoms with Crippen LogP contribution in [0.1, 0.15) is 22.9 Å². The molecular weight excluding hydrogens is 382 g/mol. The summed E-state index contributed by atoms with van der Waals surface area (Å²) in [6, 6.07) is 19.0. The van der Waals surface area contributed by atoms with Gasteiger partial charge in [-0.05, 0) is 36.2 Å². The molecule has 30 heavy (non-hydrogen) atoms. The Kier molecular flexibility index (Phi) is 5.39. The maximum atomic E-state index is 12.9. The van der Waals surface area contributed by atoms with Crippen molar-refractivity contribution in [2.75, 3.05) is 13.7 Å². The molecule has 1 amide bonds. The second kappa shape index (κ2) is 8.29. The number of benzene rings is 2. The average molecular weight is 403 g/mol. The molecule has 4 rings (SSSR count). The number of amides is 1. The van der Waals surface area contributed by atoms with Crippen molar-refractivity contribution in [3.8, 4) is 5.75 Å². The SMILES string of the molecule is COc1cccc(/C(O)=C2\C(=O)C(=O)N(CCc3ccccc3)C2c2ccco2)c1. The van der Waals surface area contributed by atoms with E-state index in [1.54, 1.807) is 36.4 Å². The third-order valence-electron chi connectivity index (χ3n) is 5.18. The van der Waals surface area contributed by atoms with Gasteiger partial charge in [0.2, 0.25) is 0 Å². The molecule has 2 aromatic carbocycles. The minimum atomic E-state index is -0.796. The molecular formula is C24H21NO5. The van der Waals surface area contributed by atoms with Crippen LogP contribution in [-0.2, 0) is 16.0 Å². The van der Waals surface area contributed by atoms with Crippen LogP contribution >= 0.6 is 0 Å². The molecule has 1 fully saturated rings. The Labute approximate surface area is 174 Å². The van der Waals surface area contributed by atoms with Gasteiger partial charge < -0.3 is 19.2 Å². The molecule has 3 aromatic rings. The van der Waals surface area contributed by atoms with Crippen LogP contribution in [-0.4, -0.2) is 35.4 Å². The van der Waals surface area contributed by atoms with E-state index >= 15 is 0 Å². The lowest BCUT2D eigenvalue weighted by Crippen LogP contribution is -2.31. The summed E-state index contributed by atoms with van der Waals surface area (Å²) in [7, 11) is 1.52. The highest BCUT2D eigenvalue weighted by molar-refractivity contribution is 6.46. The van der Waals surface area contributed by atoms with Gasteiger partial charge in [-0.25, -0.2) is 0 Å². The Morgan fingerprint density at radius 1 is 1.07 bits per heavy atom. The fourth-order valence-corrected chi connectivity index (χ4v) is 3.67. The Hall–Kier alpha value is -3.80. The zero-order valence-corrected chi connectivity index (χ0v) is 16.4. The number of furan rings is 1. The van der Waals surface area contributed by atoms with Crippen molar-refractivity contribution in [1.29, 1.82) is 0 Å². The highest BCUT2D eigenvalue weighted by Gasteiger charge is 2.47. The third-order valence-corrected chi connectivity index (χ3v) is 5.18. The summed E-state index contributed by atoms with van der Waals surface area (Å²) in [5.74, 6) is -0.684. The standard InChI is InChI=1S/C24H21NO5/c1-29-18-10-5-9-17(15-18)22(26)20-21(19-11-6-14-30-19)25(24(28)23(20)27)13-12-16-7-3-2-4-8-16/h2-11,14-15,21,26H,12-13H2,1H3/b22-20+. The maximum Gasteiger partial charge on any atom is 0.295 e. The van der Waals surface area contributed by atoms with Gasteiger partial charge in [-0.2, -0.15) is 0 Å². The van der Waals surface area contributed by atoms with Gasteiger partial charge in [0.1, 0.15) is 23.3 Å². The number of hydrogen-bond donors (Lipinski definition) is 1. The summed E-state index contributed by atoms with van der Waals surface area (Å²) in [5, 5.41) is 11.0. The summed E-state index contributed by atoms with van der Waals surface area (Å²) in [6.45, 7) is 0.314. The molecule has 0 saturated carbocycles. The van der Waals surface area contributed by atoms with E-state index in [0.29, 0.717) is 30.0 Å². The van der Waals surface area contributed by atoms with Crippen LogP contribution in [0.5, 0.6) is 5.75 Å². The predicted octanol–water partition coefficient (Wildman–Crippen LogP) is 3.95. The van der Waals surface area contributed by atoms with Crippen LogP contribution in [0.3, 0.4) is 0 Å². The molecule has 0 spiro atoms. The zero-order chi connectivity index (χ0) is 21.1. The number of rotatable bonds is 6. The first-order valence-electron chi connectivity index (χ1n) is 9.60. The Balaban J connectivity index is 1.75. The minimum Gasteiger partial charge on any atom is -0.507 e. The molecule has 0 bridgehead atoms. The minimum absolute atomic E-state index is 0.0104. The van der Waals surface area contributed by atoms with Crippen LogP contribution in [0.4, 0.5) is 0 Å². The lowest BCUT2D eigenvalue weighted by molar-refractivity contribution is -0.140. The lowest BCUT2D eigenvalue weighted by Gasteiger charge is -2.23. The molecule has 1 N–H and O–H groups in total. The molecule has 0 aliphatic carbocycles. The Bertz CT molecular complexity index is 1090. The average Bonchev–Trinajstić information content (AvgIpc) is 3.40. The number of ketones is 1. The molecule has 6 nitrogen and oxygen atoms in total. The van der Waals surface area contributed by atoms with Gasteiger partial charge in [-0.15, -0.1) is 0 Å². The Morgan fingerprint density at radius 3 is 2.57 bits per heavy atom. The predicted molar refractivity (Wildman–Crippen MR) is 111 cm³/mol. The first kappa shape index (κ1) is 19.5. The molecule has 1 unspecified atom stereocenters. The van der Waals surface area contributed by atoms with E-state index in [4.69, 9.17) is 9.15 Å². The van der Waals surface area contributed by atoms with Gasteiger partial charge in [-0.1, -0.05) is 42.5 Å². The number of ether oxygens (including phenoxy) is 1. The van der Waals surface area contributed by atoms with Gasteiger partial charge in [0.15, 0.2) is 0 Å². The molecule has 152 valence electrons. The number of carbonyl (C=O) groups excluding carboxylic acids is 2. The third kappa shape index (κ3) is 3.59. The van der Waals surface area contributed by atoms with Gasteiger partial charge >= 0.3 is 0 Å². The maximum absolute atomic E-state index is 12.9. The van der Waals surface area contributed by atoms with Crippen LogP contribution in [0.2, 0.25) is 0 Å². The second-order valence-corrected chi connectivity index (χ2v) is 6.98. The molecule has 1 aliphatic heterocycles. The largest absolute Gasteiger partial charge is 0.507 e. The molecule has 6 heteroatoms. The zero-order valence-electron chi connectivity index (χ0n) is 16.4. The summed E-state index contributed by atoms with van der Waals surface area (Å²) < 4.78 is 10.8. The van der Waals surface area contributed by atoms with Crippen molar-refractivity contribution in [2.45, 2.75) is 12.5 Å². The van der Waals surface area contributed by atoms with Crippen LogP contribution < -0.4 is 4.74 Å². The number of hydrogen-bond acceptors (Lipinski definition) is 5.